The molecule has 1 fully saturated rings. The van der Waals surface area contributed by atoms with Gasteiger partial charge in [-0.1, -0.05) is 35.3 Å². The minimum atomic E-state index is -0.488. The molecule has 1 aliphatic heterocycles. The van der Waals surface area contributed by atoms with E-state index in [2.05, 4.69) is 11.0 Å². The minimum absolute atomic E-state index is 0.107. The van der Waals surface area contributed by atoms with Crippen LogP contribution in [0.4, 0.5) is 15.8 Å². The van der Waals surface area contributed by atoms with Gasteiger partial charge in [0.05, 0.1) is 33.9 Å². The largest absolute Gasteiger partial charge is 0.398 e. The molecule has 0 saturated carbocycles. The molecule has 0 spiro atoms. The van der Waals surface area contributed by atoms with Gasteiger partial charge in [-0.3, -0.25) is 4.79 Å². The Morgan fingerprint density at radius 2 is 1.81 bits per heavy atom. The zero-order valence-corrected chi connectivity index (χ0v) is 18.4. The normalized spacial score (nSPS) is 16.0. The number of anilines is 2. The second-order valence-corrected chi connectivity index (χ2v) is 8.37. The predicted molar refractivity (Wildman–Crippen MR) is 124 cm³/mol. The molecule has 0 aliphatic carbocycles. The summed E-state index contributed by atoms with van der Waals surface area (Å²) in [6.45, 7) is 1.30. The number of nitrogen functional groups attached to an aromatic ring is 1. The van der Waals surface area contributed by atoms with Crippen molar-refractivity contribution in [1.29, 1.82) is 5.26 Å². The van der Waals surface area contributed by atoms with Gasteiger partial charge in [-0.15, -0.1) is 0 Å². The summed E-state index contributed by atoms with van der Waals surface area (Å²) in [5.74, 6) is -0.745. The Morgan fingerprint density at radius 3 is 2.47 bits per heavy atom. The summed E-state index contributed by atoms with van der Waals surface area (Å²) < 4.78 is 13.4. The number of piperazine rings is 1. The molecule has 4 rings (SSSR count). The number of halogens is 3. The van der Waals surface area contributed by atoms with E-state index < -0.39 is 5.82 Å². The molecule has 2 N–H and O–H groups in total. The van der Waals surface area contributed by atoms with Crippen molar-refractivity contribution in [2.75, 3.05) is 30.3 Å². The molecule has 3 aromatic rings. The average Bonchev–Trinajstić information content (AvgIpc) is 2.79. The highest BCUT2D eigenvalue weighted by molar-refractivity contribution is 6.33. The van der Waals surface area contributed by atoms with Gasteiger partial charge in [0.15, 0.2) is 0 Å². The summed E-state index contributed by atoms with van der Waals surface area (Å²) in [5.41, 5.74) is 8.49. The predicted octanol–water partition coefficient (Wildman–Crippen LogP) is 5.29. The Hall–Kier alpha value is -3.27. The highest BCUT2D eigenvalue weighted by Crippen LogP contribution is 2.36. The van der Waals surface area contributed by atoms with Crippen LogP contribution in [0.1, 0.15) is 27.5 Å². The first-order valence-electron chi connectivity index (χ1n) is 9.93. The molecule has 1 heterocycles. The number of rotatable bonds is 3. The Kier molecular flexibility index (Phi) is 6.22. The first kappa shape index (κ1) is 21.9. The van der Waals surface area contributed by atoms with E-state index in [4.69, 9.17) is 34.2 Å². The van der Waals surface area contributed by atoms with Gasteiger partial charge in [0, 0.05) is 30.3 Å². The fourth-order valence-electron chi connectivity index (χ4n) is 3.93. The summed E-state index contributed by atoms with van der Waals surface area (Å²) in [5, 5.41) is 10.2. The van der Waals surface area contributed by atoms with E-state index in [1.165, 1.54) is 12.1 Å². The summed E-state index contributed by atoms with van der Waals surface area (Å²) in [6.07, 6.45) is 0. The molecule has 8 heteroatoms. The third-order valence-corrected chi connectivity index (χ3v) is 6.11. The third-order valence-electron chi connectivity index (χ3n) is 5.55. The van der Waals surface area contributed by atoms with Crippen LogP contribution in [0.2, 0.25) is 10.0 Å². The van der Waals surface area contributed by atoms with Crippen LogP contribution in [-0.4, -0.2) is 30.4 Å². The molecular weight excluding hydrogens is 450 g/mol. The number of hydrogen-bond donors (Lipinski definition) is 1. The fraction of sp³-hybridized carbons (Fsp3) is 0.167. The molecule has 0 unspecified atom stereocenters. The molecule has 32 heavy (non-hydrogen) atoms. The maximum atomic E-state index is 13.4. The van der Waals surface area contributed by atoms with Crippen LogP contribution in [-0.2, 0) is 0 Å². The Bertz CT molecular complexity index is 1210. The van der Waals surface area contributed by atoms with Crippen molar-refractivity contribution in [2.45, 2.75) is 6.04 Å². The van der Waals surface area contributed by atoms with E-state index in [0.717, 1.165) is 17.3 Å². The number of nitrogens with two attached hydrogens (primary N) is 1. The molecule has 0 bridgehead atoms. The maximum absolute atomic E-state index is 13.4. The second kappa shape index (κ2) is 9.07. The van der Waals surface area contributed by atoms with Crippen LogP contribution in [0.5, 0.6) is 0 Å². The van der Waals surface area contributed by atoms with Crippen LogP contribution in [0.3, 0.4) is 0 Å². The van der Waals surface area contributed by atoms with Crippen LogP contribution in [0.25, 0.3) is 0 Å². The average molecular weight is 469 g/mol. The van der Waals surface area contributed by atoms with Gasteiger partial charge in [-0.25, -0.2) is 4.39 Å². The quantitative estimate of drug-likeness (QED) is 0.529. The third kappa shape index (κ3) is 4.36. The number of hydrogen-bond acceptors (Lipinski definition) is 4. The molecular formula is C24H19Cl2FN4O. The number of carbonyl (C=O) groups excluding carboxylic acids is 1. The van der Waals surface area contributed by atoms with E-state index in [-0.39, 0.29) is 23.2 Å². The lowest BCUT2D eigenvalue weighted by Gasteiger charge is -2.43. The zero-order valence-electron chi connectivity index (χ0n) is 16.9. The van der Waals surface area contributed by atoms with Gasteiger partial charge in [-0.05, 0) is 54.1 Å². The van der Waals surface area contributed by atoms with Crippen molar-refractivity contribution >= 4 is 40.5 Å². The van der Waals surface area contributed by atoms with Gasteiger partial charge >= 0.3 is 0 Å². The van der Waals surface area contributed by atoms with Gasteiger partial charge in [0.25, 0.3) is 5.91 Å². The summed E-state index contributed by atoms with van der Waals surface area (Å²) in [7, 11) is 0. The van der Waals surface area contributed by atoms with Crippen molar-refractivity contribution in [1.82, 2.24) is 4.90 Å². The first-order valence-corrected chi connectivity index (χ1v) is 10.7. The minimum Gasteiger partial charge on any atom is -0.398 e. The second-order valence-electron chi connectivity index (χ2n) is 7.52. The number of amides is 1. The molecule has 5 nitrogen and oxygen atoms in total. The monoisotopic (exact) mass is 468 g/mol. The van der Waals surface area contributed by atoms with Crippen molar-refractivity contribution in [2.24, 2.45) is 0 Å². The maximum Gasteiger partial charge on any atom is 0.256 e. The first-order chi connectivity index (χ1) is 15.4. The van der Waals surface area contributed by atoms with Crippen LogP contribution in [0, 0.1) is 17.1 Å². The van der Waals surface area contributed by atoms with Gasteiger partial charge < -0.3 is 15.5 Å². The van der Waals surface area contributed by atoms with E-state index in [1.807, 2.05) is 18.2 Å². The lowest BCUT2D eigenvalue weighted by Crippen LogP contribution is -2.50. The van der Waals surface area contributed by atoms with E-state index in [9.17, 15) is 9.18 Å². The van der Waals surface area contributed by atoms with Crippen LogP contribution >= 0.6 is 23.2 Å². The Morgan fingerprint density at radius 1 is 1.06 bits per heavy atom. The van der Waals surface area contributed by atoms with E-state index in [0.29, 0.717) is 35.2 Å². The van der Waals surface area contributed by atoms with Crippen molar-refractivity contribution in [3.63, 3.8) is 0 Å². The van der Waals surface area contributed by atoms with Crippen molar-refractivity contribution in [3.05, 3.63) is 93.2 Å². The number of nitriles is 1. The Labute approximate surface area is 195 Å². The van der Waals surface area contributed by atoms with Gasteiger partial charge in [0.1, 0.15) is 5.82 Å². The molecule has 0 radical (unpaired) electrons. The van der Waals surface area contributed by atoms with Crippen molar-refractivity contribution in [3.8, 4) is 6.07 Å². The summed E-state index contributed by atoms with van der Waals surface area (Å²) >= 11 is 12.6. The zero-order chi connectivity index (χ0) is 22.8. The summed E-state index contributed by atoms with van der Waals surface area (Å²) in [4.78, 5) is 17.0. The fourth-order valence-corrected chi connectivity index (χ4v) is 4.35. The molecule has 162 valence electrons. The van der Waals surface area contributed by atoms with E-state index in [1.54, 1.807) is 29.2 Å². The molecule has 1 atom stereocenters. The van der Waals surface area contributed by atoms with Crippen LogP contribution < -0.4 is 10.6 Å². The topological polar surface area (TPSA) is 73.4 Å². The molecule has 1 saturated heterocycles. The number of carbonyl (C=O) groups is 1. The highest BCUT2D eigenvalue weighted by Gasteiger charge is 2.32. The highest BCUT2D eigenvalue weighted by atomic mass is 35.5. The van der Waals surface area contributed by atoms with Gasteiger partial charge in [0.2, 0.25) is 0 Å². The van der Waals surface area contributed by atoms with Crippen molar-refractivity contribution < 1.29 is 9.18 Å². The lowest BCUT2D eigenvalue weighted by atomic mass is 10.00. The number of benzene rings is 3. The molecule has 1 aliphatic rings. The van der Waals surface area contributed by atoms with Crippen LogP contribution in [0.15, 0.2) is 60.7 Å². The Balaban J connectivity index is 1.69. The SMILES string of the molecule is N#Cc1ccc(N2CCN(C(=O)c3ccc(F)cc3N)C[C@H]2c2ccc(Cl)cc2)c(Cl)c1. The summed E-state index contributed by atoms with van der Waals surface area (Å²) in [6, 6.07) is 18.3. The number of nitrogens with zero attached hydrogens (tertiary/aromatic N) is 3. The van der Waals surface area contributed by atoms with E-state index >= 15 is 0 Å². The molecule has 1 amide bonds. The molecule has 0 aromatic heterocycles. The smallest absolute Gasteiger partial charge is 0.256 e. The van der Waals surface area contributed by atoms with Gasteiger partial charge in [-0.2, -0.15) is 5.26 Å². The standard InChI is InChI=1S/C24H19Cl2FN4O/c25-17-4-2-16(3-5-17)23-14-30(24(32)19-7-6-18(27)12-21(19)29)9-10-31(23)22-8-1-15(13-28)11-20(22)26/h1-8,11-12,23H,9-10,14,29H2/t23-/m0/s1. The lowest BCUT2D eigenvalue weighted by molar-refractivity contribution is 0.0723. The molecule has 3 aromatic carbocycles.